The molecule has 36 heavy (non-hydrogen) atoms. The molecule has 1 aliphatic rings. The van der Waals surface area contributed by atoms with Gasteiger partial charge in [-0.1, -0.05) is 13.0 Å². The van der Waals surface area contributed by atoms with E-state index in [0.717, 1.165) is 12.8 Å². The van der Waals surface area contributed by atoms with Gasteiger partial charge in [0.05, 0.1) is 18.1 Å². The number of hydrogen-bond donors (Lipinski definition) is 1. The Morgan fingerprint density at radius 1 is 1.17 bits per heavy atom. The zero-order valence-corrected chi connectivity index (χ0v) is 20.7. The van der Waals surface area contributed by atoms with E-state index < -0.39 is 11.6 Å². The quantitative estimate of drug-likeness (QED) is 0.398. The first-order valence-electron chi connectivity index (χ1n) is 11.9. The van der Waals surface area contributed by atoms with Crippen molar-refractivity contribution in [1.29, 1.82) is 0 Å². The first-order valence-corrected chi connectivity index (χ1v) is 11.9. The Kier molecular flexibility index (Phi) is 6.12. The molecule has 1 unspecified atom stereocenters. The van der Waals surface area contributed by atoms with Crippen molar-refractivity contribution in [1.82, 2.24) is 15.0 Å². The number of halogens is 2. The van der Waals surface area contributed by atoms with Crippen molar-refractivity contribution in [3.63, 3.8) is 0 Å². The van der Waals surface area contributed by atoms with E-state index in [4.69, 9.17) is 9.47 Å². The molecule has 0 amide bonds. The number of phenols is 1. The summed E-state index contributed by atoms with van der Waals surface area (Å²) in [5.41, 5.74) is 0.366. The summed E-state index contributed by atoms with van der Waals surface area (Å²) in [4.78, 5) is 15.3. The standard InChI is InChI=1S/C27H28F2N4O3/c1-5-17-20(28)8-7-15-11-16(34)12-18(21(15)17)23-22(29)24-19(13-30-23)25(32-26(31-24)35-3)33-10-6-9-27(2,14-33)36-4/h7-8,11-13,34H,5-6,9-10,14H2,1-4H3. The predicted molar refractivity (Wildman–Crippen MR) is 135 cm³/mol. The summed E-state index contributed by atoms with van der Waals surface area (Å²) in [6, 6.07) is 5.89. The van der Waals surface area contributed by atoms with Crippen molar-refractivity contribution in [2.45, 2.75) is 38.7 Å². The Morgan fingerprint density at radius 2 is 1.97 bits per heavy atom. The summed E-state index contributed by atoms with van der Waals surface area (Å²) in [7, 11) is 3.11. The maximum Gasteiger partial charge on any atom is 0.318 e. The van der Waals surface area contributed by atoms with Crippen molar-refractivity contribution in [3.05, 3.63) is 47.7 Å². The number of methoxy groups -OCH3 is 2. The van der Waals surface area contributed by atoms with E-state index in [0.29, 0.717) is 52.6 Å². The number of rotatable bonds is 5. The van der Waals surface area contributed by atoms with E-state index in [1.807, 2.05) is 18.7 Å². The number of ether oxygens (including phenoxy) is 2. The highest BCUT2D eigenvalue weighted by molar-refractivity contribution is 6.01. The van der Waals surface area contributed by atoms with E-state index in [1.54, 1.807) is 13.2 Å². The van der Waals surface area contributed by atoms with Gasteiger partial charge in [0.15, 0.2) is 5.82 Å². The van der Waals surface area contributed by atoms with Crippen molar-refractivity contribution in [2.75, 3.05) is 32.2 Å². The molecule has 2 aromatic heterocycles. The highest BCUT2D eigenvalue weighted by Crippen LogP contribution is 2.39. The molecule has 1 aliphatic heterocycles. The zero-order chi connectivity index (χ0) is 25.6. The Labute approximate surface area is 207 Å². The first-order chi connectivity index (χ1) is 17.3. The van der Waals surface area contributed by atoms with Crippen LogP contribution < -0.4 is 9.64 Å². The van der Waals surface area contributed by atoms with Gasteiger partial charge in [0.1, 0.15) is 28.6 Å². The van der Waals surface area contributed by atoms with Crippen molar-refractivity contribution in [3.8, 4) is 23.0 Å². The van der Waals surface area contributed by atoms with Crippen LogP contribution in [-0.2, 0) is 11.2 Å². The van der Waals surface area contributed by atoms with Crippen LogP contribution in [0.1, 0.15) is 32.3 Å². The number of pyridine rings is 1. The van der Waals surface area contributed by atoms with Gasteiger partial charge in [0.25, 0.3) is 0 Å². The maximum atomic E-state index is 16.2. The number of fused-ring (bicyclic) bond motifs is 2. The minimum Gasteiger partial charge on any atom is -0.508 e. The monoisotopic (exact) mass is 494 g/mol. The Bertz CT molecular complexity index is 1480. The maximum absolute atomic E-state index is 16.2. The van der Waals surface area contributed by atoms with E-state index >= 15 is 4.39 Å². The van der Waals surface area contributed by atoms with E-state index in [-0.39, 0.29) is 28.6 Å². The Balaban J connectivity index is 1.75. The van der Waals surface area contributed by atoms with Crippen molar-refractivity contribution < 1.29 is 23.4 Å². The molecular formula is C27H28F2N4O3. The van der Waals surface area contributed by atoms with Gasteiger partial charge >= 0.3 is 6.01 Å². The average Bonchev–Trinajstić information content (AvgIpc) is 2.88. The minimum atomic E-state index is -0.695. The average molecular weight is 495 g/mol. The third-order valence-corrected chi connectivity index (χ3v) is 7.04. The van der Waals surface area contributed by atoms with Gasteiger partial charge in [-0.2, -0.15) is 9.97 Å². The zero-order valence-electron chi connectivity index (χ0n) is 20.7. The molecule has 7 nitrogen and oxygen atoms in total. The van der Waals surface area contributed by atoms with Gasteiger partial charge in [0, 0.05) is 32.0 Å². The van der Waals surface area contributed by atoms with Gasteiger partial charge in [-0.3, -0.25) is 4.98 Å². The van der Waals surface area contributed by atoms with Crippen LogP contribution in [0.2, 0.25) is 0 Å². The van der Waals surface area contributed by atoms with E-state index in [2.05, 4.69) is 15.0 Å². The predicted octanol–water partition coefficient (Wildman–Crippen LogP) is 5.41. The van der Waals surface area contributed by atoms with E-state index in [9.17, 15) is 9.50 Å². The molecule has 1 N–H and O–H groups in total. The molecule has 1 fully saturated rings. The fourth-order valence-corrected chi connectivity index (χ4v) is 5.13. The number of benzene rings is 2. The van der Waals surface area contributed by atoms with Crippen LogP contribution in [0.5, 0.6) is 11.8 Å². The molecular weight excluding hydrogens is 466 g/mol. The molecule has 188 valence electrons. The second-order valence-corrected chi connectivity index (χ2v) is 9.37. The fraction of sp³-hybridized carbons (Fsp3) is 0.370. The molecule has 5 rings (SSSR count). The highest BCUT2D eigenvalue weighted by Gasteiger charge is 2.33. The lowest BCUT2D eigenvalue weighted by Gasteiger charge is -2.40. The molecule has 0 radical (unpaired) electrons. The van der Waals surface area contributed by atoms with E-state index in [1.165, 1.54) is 31.5 Å². The number of nitrogens with zero attached hydrogens (tertiary/aromatic N) is 4. The topological polar surface area (TPSA) is 80.6 Å². The molecule has 1 saturated heterocycles. The number of aromatic hydroxyl groups is 1. The third-order valence-electron chi connectivity index (χ3n) is 7.04. The third kappa shape index (κ3) is 3.97. The van der Waals surface area contributed by atoms with Crippen LogP contribution in [0.15, 0.2) is 30.5 Å². The highest BCUT2D eigenvalue weighted by atomic mass is 19.1. The number of aromatic nitrogens is 3. The number of phenolic OH excluding ortho intramolecular Hbond substituents is 1. The summed E-state index contributed by atoms with van der Waals surface area (Å²) < 4.78 is 41.9. The molecule has 0 saturated carbocycles. The lowest BCUT2D eigenvalue weighted by atomic mass is 9.94. The summed E-state index contributed by atoms with van der Waals surface area (Å²) in [6.07, 6.45) is 3.70. The molecule has 0 bridgehead atoms. The lowest BCUT2D eigenvalue weighted by molar-refractivity contribution is -0.00477. The van der Waals surface area contributed by atoms with Gasteiger partial charge in [-0.25, -0.2) is 8.78 Å². The van der Waals surface area contributed by atoms with Gasteiger partial charge in [0.2, 0.25) is 0 Å². The number of anilines is 1. The fourth-order valence-electron chi connectivity index (χ4n) is 5.13. The second kappa shape index (κ2) is 9.13. The van der Waals surface area contributed by atoms with Crippen LogP contribution in [0.25, 0.3) is 32.9 Å². The number of aryl methyl sites for hydroxylation is 1. The summed E-state index contributed by atoms with van der Waals surface area (Å²) in [5, 5.41) is 11.9. The molecule has 0 spiro atoms. The summed E-state index contributed by atoms with van der Waals surface area (Å²) in [5.74, 6) is -0.644. The minimum absolute atomic E-state index is 0.0271. The molecule has 9 heteroatoms. The van der Waals surface area contributed by atoms with Crippen LogP contribution in [-0.4, -0.2) is 53.0 Å². The first kappa shape index (κ1) is 24.1. The van der Waals surface area contributed by atoms with Crippen LogP contribution in [0.3, 0.4) is 0 Å². The number of hydrogen-bond acceptors (Lipinski definition) is 7. The SMILES string of the molecule is CCc1c(F)ccc2cc(O)cc(-c3ncc4c(N5CCCC(C)(OC)C5)nc(OC)nc4c3F)c12. The molecule has 0 aliphatic carbocycles. The Hall–Kier alpha value is -3.59. The lowest BCUT2D eigenvalue weighted by Crippen LogP contribution is -2.47. The second-order valence-electron chi connectivity index (χ2n) is 9.37. The molecule has 3 heterocycles. The van der Waals surface area contributed by atoms with Gasteiger partial charge in [-0.15, -0.1) is 0 Å². The Morgan fingerprint density at radius 3 is 2.69 bits per heavy atom. The van der Waals surface area contributed by atoms with Crippen LogP contribution >= 0.6 is 0 Å². The summed E-state index contributed by atoms with van der Waals surface area (Å²) in [6.45, 7) is 5.15. The molecule has 2 aromatic carbocycles. The number of piperidine rings is 1. The van der Waals surface area contributed by atoms with Gasteiger partial charge < -0.3 is 19.5 Å². The normalized spacial score (nSPS) is 18.2. The largest absolute Gasteiger partial charge is 0.508 e. The molecule has 4 aromatic rings. The van der Waals surface area contributed by atoms with Crippen molar-refractivity contribution in [2.24, 2.45) is 0 Å². The van der Waals surface area contributed by atoms with Crippen LogP contribution in [0.4, 0.5) is 14.6 Å². The van der Waals surface area contributed by atoms with Crippen molar-refractivity contribution >= 4 is 27.5 Å². The summed E-state index contributed by atoms with van der Waals surface area (Å²) >= 11 is 0. The van der Waals surface area contributed by atoms with Gasteiger partial charge in [-0.05, 0) is 60.7 Å². The van der Waals surface area contributed by atoms with Crippen LogP contribution in [0, 0.1) is 11.6 Å². The smallest absolute Gasteiger partial charge is 0.318 e. The molecule has 1 atom stereocenters.